The van der Waals surface area contributed by atoms with Gasteiger partial charge in [0.05, 0.1) is 11.4 Å². The van der Waals surface area contributed by atoms with Crippen molar-refractivity contribution < 1.29 is 4.39 Å². The molecule has 1 heterocycles. The Bertz CT molecular complexity index is 564. The van der Waals surface area contributed by atoms with Gasteiger partial charge in [-0.05, 0) is 24.5 Å². The number of benzene rings is 1. The van der Waals surface area contributed by atoms with Gasteiger partial charge in [0.2, 0.25) is 0 Å². The summed E-state index contributed by atoms with van der Waals surface area (Å²) in [6, 6.07) is 5.56. The molecule has 0 bridgehead atoms. The number of hydrogen-bond donors (Lipinski definition) is 0. The lowest BCUT2D eigenvalue weighted by Crippen LogP contribution is -2.01. The number of nitrogens with zero attached hydrogens (tertiary/aromatic N) is 2. The zero-order chi connectivity index (χ0) is 12.0. The van der Waals surface area contributed by atoms with Gasteiger partial charge >= 0.3 is 0 Å². The minimum Gasteiger partial charge on any atom is -0.323 e. The lowest BCUT2D eigenvalue weighted by molar-refractivity contribution is 0.635. The van der Waals surface area contributed by atoms with E-state index in [1.54, 1.807) is 6.07 Å². The average molecular weight is 253 g/mol. The van der Waals surface area contributed by atoms with E-state index in [1.807, 2.05) is 6.07 Å². The van der Waals surface area contributed by atoms with E-state index in [0.29, 0.717) is 23.4 Å². The van der Waals surface area contributed by atoms with Crippen LogP contribution >= 0.6 is 11.6 Å². The first-order chi connectivity index (χ1) is 8.26. The third kappa shape index (κ3) is 1.64. The lowest BCUT2D eigenvalue weighted by Gasteiger charge is -2.06. The summed E-state index contributed by atoms with van der Waals surface area (Å²) in [6.45, 7) is 2.19. The molecule has 1 fully saturated rings. The molecule has 0 aliphatic heterocycles. The molecule has 1 aliphatic rings. The Kier molecular flexibility index (Phi) is 2.58. The second-order valence-corrected chi connectivity index (χ2v) is 4.88. The van der Waals surface area contributed by atoms with Crippen molar-refractivity contribution in [1.29, 1.82) is 0 Å². The smallest absolute Gasteiger partial charge is 0.151 e. The van der Waals surface area contributed by atoms with Crippen LogP contribution in [0.4, 0.5) is 4.39 Å². The van der Waals surface area contributed by atoms with Crippen molar-refractivity contribution in [2.75, 3.05) is 0 Å². The van der Waals surface area contributed by atoms with Crippen molar-refractivity contribution in [3.8, 4) is 0 Å². The predicted molar refractivity (Wildman–Crippen MR) is 66.7 cm³/mol. The standard InChI is InChI=1S/C13H14ClFN2/c1-2-8-6-11(8)17-10-5-3-4-9(15)13(10)16-12(17)7-14/h3-5,8,11H,2,6-7H2,1H3. The van der Waals surface area contributed by atoms with Gasteiger partial charge in [-0.1, -0.05) is 19.4 Å². The van der Waals surface area contributed by atoms with Gasteiger partial charge in [0.15, 0.2) is 5.82 Å². The van der Waals surface area contributed by atoms with Crippen molar-refractivity contribution in [3.05, 3.63) is 29.8 Å². The van der Waals surface area contributed by atoms with Gasteiger partial charge in [-0.25, -0.2) is 9.37 Å². The number of imidazole rings is 1. The van der Waals surface area contributed by atoms with Crippen LogP contribution in [0.5, 0.6) is 0 Å². The molecule has 2 nitrogen and oxygen atoms in total. The van der Waals surface area contributed by atoms with Crippen LogP contribution in [-0.4, -0.2) is 9.55 Å². The van der Waals surface area contributed by atoms with Gasteiger partial charge in [-0.3, -0.25) is 0 Å². The minimum absolute atomic E-state index is 0.263. The van der Waals surface area contributed by atoms with Crippen molar-refractivity contribution >= 4 is 22.6 Å². The molecular weight excluding hydrogens is 239 g/mol. The van der Waals surface area contributed by atoms with E-state index >= 15 is 0 Å². The van der Waals surface area contributed by atoms with Gasteiger partial charge in [0.1, 0.15) is 11.3 Å². The summed E-state index contributed by atoms with van der Waals surface area (Å²) in [5.74, 6) is 1.55. The van der Waals surface area contributed by atoms with Gasteiger partial charge < -0.3 is 4.57 Å². The molecule has 90 valence electrons. The zero-order valence-corrected chi connectivity index (χ0v) is 10.4. The maximum Gasteiger partial charge on any atom is 0.151 e. The molecule has 1 saturated carbocycles. The highest BCUT2D eigenvalue weighted by Gasteiger charge is 2.39. The van der Waals surface area contributed by atoms with Gasteiger partial charge in [0, 0.05) is 6.04 Å². The number of hydrogen-bond acceptors (Lipinski definition) is 1. The number of alkyl halides is 1. The van der Waals surface area contributed by atoms with Gasteiger partial charge in [0.25, 0.3) is 0 Å². The SMILES string of the molecule is CCC1CC1n1c(CCl)nc2c(F)cccc21. The molecule has 1 aromatic carbocycles. The second kappa shape index (κ2) is 3.98. The topological polar surface area (TPSA) is 17.8 Å². The van der Waals surface area contributed by atoms with Crippen molar-refractivity contribution in [2.45, 2.75) is 31.7 Å². The molecule has 0 saturated heterocycles. The third-order valence-corrected chi connectivity index (χ3v) is 3.84. The zero-order valence-electron chi connectivity index (χ0n) is 9.66. The fourth-order valence-electron chi connectivity index (χ4n) is 2.58. The maximum atomic E-state index is 13.7. The normalized spacial score (nSPS) is 23.2. The first kappa shape index (κ1) is 11.0. The molecular formula is C13H14ClFN2. The molecule has 1 aliphatic carbocycles. The Balaban J connectivity index is 2.18. The number of halogens is 2. The van der Waals surface area contributed by atoms with Gasteiger partial charge in [-0.2, -0.15) is 0 Å². The van der Waals surface area contributed by atoms with E-state index < -0.39 is 0 Å². The van der Waals surface area contributed by atoms with Crippen LogP contribution < -0.4 is 0 Å². The summed E-state index contributed by atoms with van der Waals surface area (Å²) in [6.07, 6.45) is 2.31. The molecule has 0 N–H and O–H groups in total. The molecule has 1 aromatic heterocycles. The summed E-state index contributed by atoms with van der Waals surface area (Å²) in [5.41, 5.74) is 1.33. The molecule has 0 spiro atoms. The van der Waals surface area contributed by atoms with E-state index in [-0.39, 0.29) is 5.82 Å². The van der Waals surface area contributed by atoms with Crippen LogP contribution in [0.15, 0.2) is 18.2 Å². The lowest BCUT2D eigenvalue weighted by atomic mass is 10.3. The minimum atomic E-state index is -0.263. The molecule has 2 aromatic rings. The third-order valence-electron chi connectivity index (χ3n) is 3.60. The van der Waals surface area contributed by atoms with Crippen LogP contribution in [0.1, 0.15) is 31.6 Å². The highest BCUT2D eigenvalue weighted by atomic mass is 35.5. The number of aromatic nitrogens is 2. The Morgan fingerprint density at radius 3 is 3.00 bits per heavy atom. The molecule has 17 heavy (non-hydrogen) atoms. The summed E-state index contributed by atoms with van der Waals surface area (Å²) < 4.78 is 15.8. The highest BCUT2D eigenvalue weighted by Crippen LogP contribution is 2.47. The summed E-state index contributed by atoms with van der Waals surface area (Å²) in [7, 11) is 0. The maximum absolute atomic E-state index is 13.7. The van der Waals surface area contributed by atoms with E-state index in [4.69, 9.17) is 11.6 Å². The van der Waals surface area contributed by atoms with Crippen LogP contribution in [0.3, 0.4) is 0 Å². The monoisotopic (exact) mass is 252 g/mol. The summed E-state index contributed by atoms with van der Waals surface area (Å²) in [4.78, 5) is 4.32. The second-order valence-electron chi connectivity index (χ2n) is 4.61. The fourth-order valence-corrected chi connectivity index (χ4v) is 2.77. The number of para-hydroxylation sites is 1. The van der Waals surface area contributed by atoms with Crippen LogP contribution in [-0.2, 0) is 5.88 Å². The van der Waals surface area contributed by atoms with E-state index in [9.17, 15) is 4.39 Å². The van der Waals surface area contributed by atoms with E-state index in [0.717, 1.165) is 24.2 Å². The predicted octanol–water partition coefficient (Wildman–Crippen LogP) is 3.89. The van der Waals surface area contributed by atoms with Crippen molar-refractivity contribution in [3.63, 3.8) is 0 Å². The highest BCUT2D eigenvalue weighted by molar-refractivity contribution is 6.16. The molecule has 4 heteroatoms. The largest absolute Gasteiger partial charge is 0.323 e. The first-order valence-electron chi connectivity index (χ1n) is 5.97. The molecule has 2 atom stereocenters. The summed E-state index contributed by atoms with van der Waals surface area (Å²) >= 11 is 5.91. The molecule has 2 unspecified atom stereocenters. The van der Waals surface area contributed by atoms with Crippen molar-refractivity contribution in [2.24, 2.45) is 5.92 Å². The number of rotatable bonds is 3. The molecule has 0 radical (unpaired) electrons. The van der Waals surface area contributed by atoms with Crippen molar-refractivity contribution in [1.82, 2.24) is 9.55 Å². The van der Waals surface area contributed by atoms with E-state index in [2.05, 4.69) is 16.5 Å². The van der Waals surface area contributed by atoms with E-state index in [1.165, 1.54) is 6.07 Å². The van der Waals surface area contributed by atoms with Crippen LogP contribution in [0, 0.1) is 11.7 Å². The molecule has 0 amide bonds. The van der Waals surface area contributed by atoms with Crippen LogP contribution in [0.25, 0.3) is 11.0 Å². The Morgan fingerprint density at radius 1 is 1.53 bits per heavy atom. The number of fused-ring (bicyclic) bond motifs is 1. The van der Waals surface area contributed by atoms with Gasteiger partial charge in [-0.15, -0.1) is 11.6 Å². The Hall–Kier alpha value is -1.09. The average Bonchev–Trinajstić information content (AvgIpc) is 3.02. The first-order valence-corrected chi connectivity index (χ1v) is 6.51. The quantitative estimate of drug-likeness (QED) is 0.758. The Labute approximate surface area is 104 Å². The fraction of sp³-hybridized carbons (Fsp3) is 0.462. The van der Waals surface area contributed by atoms with Crippen LogP contribution in [0.2, 0.25) is 0 Å². The summed E-state index contributed by atoms with van der Waals surface area (Å²) in [5, 5.41) is 0. The Morgan fingerprint density at radius 2 is 2.35 bits per heavy atom. The molecule has 3 rings (SSSR count).